The fourth-order valence-corrected chi connectivity index (χ4v) is 1.42. The van der Waals surface area contributed by atoms with Gasteiger partial charge in [-0.05, 0) is 30.2 Å². The number of rotatable bonds is 4. The first-order chi connectivity index (χ1) is 7.90. The Morgan fingerprint density at radius 2 is 2.00 bits per heavy atom. The summed E-state index contributed by atoms with van der Waals surface area (Å²) in [6.07, 6.45) is 0.00421. The van der Waals surface area contributed by atoms with Crippen molar-refractivity contribution in [1.29, 1.82) is 0 Å². The zero-order valence-corrected chi connectivity index (χ0v) is 10.3. The molecule has 0 aliphatic heterocycles. The van der Waals surface area contributed by atoms with Crippen molar-refractivity contribution in [2.45, 2.75) is 27.2 Å². The van der Waals surface area contributed by atoms with Crippen molar-refractivity contribution in [3.8, 4) is 0 Å². The topological polar surface area (TPSA) is 66.4 Å². The molecular weight excluding hydrogens is 218 g/mol. The average molecular weight is 235 g/mol. The summed E-state index contributed by atoms with van der Waals surface area (Å²) in [5.41, 5.74) is 2.34. The van der Waals surface area contributed by atoms with Gasteiger partial charge in [-0.25, -0.2) is 0 Å². The first kappa shape index (κ1) is 13.2. The van der Waals surface area contributed by atoms with E-state index in [1.807, 2.05) is 20.8 Å². The molecule has 0 radical (unpaired) electrons. The number of anilines is 1. The molecule has 1 amide bonds. The molecule has 1 aromatic carbocycles. The molecule has 0 atom stereocenters. The molecular formula is C13H17NO3. The number of carboxylic acids is 1. The average Bonchev–Trinajstić information content (AvgIpc) is 2.21. The Labute approximate surface area is 101 Å². The van der Waals surface area contributed by atoms with Crippen molar-refractivity contribution in [2.24, 2.45) is 5.92 Å². The van der Waals surface area contributed by atoms with Crippen LogP contribution in [0.15, 0.2) is 18.2 Å². The number of carboxylic acid groups (broad SMARTS) is 1. The van der Waals surface area contributed by atoms with Crippen molar-refractivity contribution >= 4 is 17.6 Å². The quantitative estimate of drug-likeness (QED) is 0.840. The molecule has 92 valence electrons. The number of hydrogen-bond donors (Lipinski definition) is 2. The molecule has 0 saturated carbocycles. The maximum atomic E-state index is 11.5. The summed E-state index contributed by atoms with van der Waals surface area (Å²) in [5.74, 6) is -0.976. The smallest absolute Gasteiger partial charge is 0.307 e. The van der Waals surface area contributed by atoms with Gasteiger partial charge in [0.05, 0.1) is 6.42 Å². The van der Waals surface area contributed by atoms with Crippen molar-refractivity contribution in [3.05, 3.63) is 29.3 Å². The Kier molecular flexibility index (Phi) is 4.26. The van der Waals surface area contributed by atoms with Crippen LogP contribution in [0.2, 0.25) is 0 Å². The highest BCUT2D eigenvalue weighted by Gasteiger charge is 2.09. The van der Waals surface area contributed by atoms with Gasteiger partial charge in [0.2, 0.25) is 5.91 Å². The normalized spacial score (nSPS) is 10.4. The van der Waals surface area contributed by atoms with Gasteiger partial charge in [-0.2, -0.15) is 0 Å². The van der Waals surface area contributed by atoms with E-state index in [1.54, 1.807) is 18.2 Å². The molecule has 0 spiro atoms. The van der Waals surface area contributed by atoms with E-state index in [0.717, 1.165) is 11.1 Å². The molecule has 4 nitrogen and oxygen atoms in total. The van der Waals surface area contributed by atoms with Crippen LogP contribution in [0.1, 0.15) is 25.0 Å². The summed E-state index contributed by atoms with van der Waals surface area (Å²) in [4.78, 5) is 22.1. The molecule has 4 heteroatoms. The second kappa shape index (κ2) is 5.48. The Morgan fingerprint density at radius 3 is 2.47 bits per heavy atom. The number of benzene rings is 1. The SMILES string of the molecule is Cc1cc(NC(=O)C(C)C)ccc1CC(=O)O. The maximum Gasteiger partial charge on any atom is 0.307 e. The van der Waals surface area contributed by atoms with Gasteiger partial charge < -0.3 is 10.4 Å². The third kappa shape index (κ3) is 3.90. The molecule has 0 heterocycles. The summed E-state index contributed by atoms with van der Waals surface area (Å²) >= 11 is 0. The van der Waals surface area contributed by atoms with Gasteiger partial charge in [0.25, 0.3) is 0 Å². The molecule has 1 rings (SSSR count). The van der Waals surface area contributed by atoms with Crippen molar-refractivity contribution in [3.63, 3.8) is 0 Å². The lowest BCUT2D eigenvalue weighted by Gasteiger charge is -2.10. The summed E-state index contributed by atoms with van der Waals surface area (Å²) in [6, 6.07) is 5.25. The predicted octanol–water partition coefficient (Wildman–Crippen LogP) is 2.22. The molecule has 17 heavy (non-hydrogen) atoms. The molecule has 0 aromatic heterocycles. The predicted molar refractivity (Wildman–Crippen MR) is 66.0 cm³/mol. The van der Waals surface area contributed by atoms with Gasteiger partial charge >= 0.3 is 5.97 Å². The van der Waals surface area contributed by atoms with Crippen LogP contribution in [0.5, 0.6) is 0 Å². The van der Waals surface area contributed by atoms with Gasteiger partial charge in [0.15, 0.2) is 0 Å². The van der Waals surface area contributed by atoms with Gasteiger partial charge in [-0.15, -0.1) is 0 Å². The molecule has 0 fully saturated rings. The Hall–Kier alpha value is -1.84. The molecule has 0 aliphatic rings. The van der Waals surface area contributed by atoms with E-state index < -0.39 is 5.97 Å². The Balaban J connectivity index is 2.82. The summed E-state index contributed by atoms with van der Waals surface area (Å²) in [6.45, 7) is 5.48. The van der Waals surface area contributed by atoms with Gasteiger partial charge in [-0.1, -0.05) is 19.9 Å². The van der Waals surface area contributed by atoms with Crippen LogP contribution in [-0.2, 0) is 16.0 Å². The first-order valence-corrected chi connectivity index (χ1v) is 5.52. The third-order valence-electron chi connectivity index (χ3n) is 2.48. The minimum absolute atomic E-state index is 0.00421. The monoisotopic (exact) mass is 235 g/mol. The van der Waals surface area contributed by atoms with Crippen LogP contribution in [-0.4, -0.2) is 17.0 Å². The van der Waals surface area contributed by atoms with Crippen LogP contribution in [0, 0.1) is 12.8 Å². The number of hydrogen-bond acceptors (Lipinski definition) is 2. The molecule has 0 saturated heterocycles. The van der Waals surface area contributed by atoms with E-state index in [2.05, 4.69) is 5.32 Å². The summed E-state index contributed by atoms with van der Waals surface area (Å²) < 4.78 is 0. The van der Waals surface area contributed by atoms with E-state index in [0.29, 0.717) is 5.69 Å². The third-order valence-corrected chi connectivity index (χ3v) is 2.48. The lowest BCUT2D eigenvalue weighted by atomic mass is 10.0. The molecule has 2 N–H and O–H groups in total. The fourth-order valence-electron chi connectivity index (χ4n) is 1.42. The number of nitrogens with one attached hydrogen (secondary N) is 1. The van der Waals surface area contributed by atoms with E-state index in [-0.39, 0.29) is 18.2 Å². The minimum atomic E-state index is -0.855. The molecule has 0 unspecified atom stereocenters. The van der Waals surface area contributed by atoms with Crippen LogP contribution < -0.4 is 5.32 Å². The van der Waals surface area contributed by atoms with Gasteiger partial charge in [-0.3, -0.25) is 9.59 Å². The first-order valence-electron chi connectivity index (χ1n) is 5.52. The largest absolute Gasteiger partial charge is 0.481 e. The highest BCUT2D eigenvalue weighted by atomic mass is 16.4. The number of carbonyl (C=O) groups is 2. The van der Waals surface area contributed by atoms with E-state index in [4.69, 9.17) is 5.11 Å². The van der Waals surface area contributed by atoms with E-state index >= 15 is 0 Å². The number of carbonyl (C=O) groups excluding carboxylic acids is 1. The lowest BCUT2D eigenvalue weighted by Crippen LogP contribution is -2.17. The van der Waals surface area contributed by atoms with Crippen molar-refractivity contribution < 1.29 is 14.7 Å². The van der Waals surface area contributed by atoms with Crippen LogP contribution in [0.3, 0.4) is 0 Å². The second-order valence-electron chi connectivity index (χ2n) is 4.36. The standard InChI is InChI=1S/C13H17NO3/c1-8(2)13(17)14-11-5-4-10(7-12(15)16)9(3)6-11/h4-6,8H,7H2,1-3H3,(H,14,17)(H,15,16). The van der Waals surface area contributed by atoms with Crippen LogP contribution in [0.25, 0.3) is 0 Å². The fraction of sp³-hybridized carbons (Fsp3) is 0.385. The zero-order valence-electron chi connectivity index (χ0n) is 10.3. The molecule has 1 aromatic rings. The van der Waals surface area contributed by atoms with Crippen molar-refractivity contribution in [1.82, 2.24) is 0 Å². The molecule has 0 aliphatic carbocycles. The zero-order chi connectivity index (χ0) is 13.0. The maximum absolute atomic E-state index is 11.5. The number of aliphatic carboxylic acids is 1. The Morgan fingerprint density at radius 1 is 1.35 bits per heavy atom. The van der Waals surface area contributed by atoms with E-state index in [1.165, 1.54) is 0 Å². The van der Waals surface area contributed by atoms with Gasteiger partial charge in [0, 0.05) is 11.6 Å². The molecule has 0 bridgehead atoms. The van der Waals surface area contributed by atoms with Crippen LogP contribution >= 0.6 is 0 Å². The minimum Gasteiger partial charge on any atom is -0.481 e. The highest BCUT2D eigenvalue weighted by molar-refractivity contribution is 5.92. The van der Waals surface area contributed by atoms with E-state index in [9.17, 15) is 9.59 Å². The summed E-state index contributed by atoms with van der Waals surface area (Å²) in [7, 11) is 0. The number of aryl methyl sites for hydroxylation is 1. The van der Waals surface area contributed by atoms with Crippen molar-refractivity contribution in [2.75, 3.05) is 5.32 Å². The number of amides is 1. The van der Waals surface area contributed by atoms with Crippen LogP contribution in [0.4, 0.5) is 5.69 Å². The Bertz CT molecular complexity index is 438. The summed E-state index contributed by atoms with van der Waals surface area (Å²) in [5, 5.41) is 11.5. The lowest BCUT2D eigenvalue weighted by molar-refractivity contribution is -0.136. The van der Waals surface area contributed by atoms with Gasteiger partial charge in [0.1, 0.15) is 0 Å². The second-order valence-corrected chi connectivity index (χ2v) is 4.36. The highest BCUT2D eigenvalue weighted by Crippen LogP contribution is 2.16.